The molecule has 42 heavy (non-hydrogen) atoms. The molecular formula is C40H26BrN. The van der Waals surface area contributed by atoms with E-state index in [9.17, 15) is 0 Å². The molecule has 8 aromatic carbocycles. The first-order valence-corrected chi connectivity index (χ1v) is 15.0. The summed E-state index contributed by atoms with van der Waals surface area (Å²) in [5, 5.41) is 9.82. The summed E-state index contributed by atoms with van der Waals surface area (Å²) in [4.78, 5) is 2.44. The number of rotatable bonds is 4. The van der Waals surface area contributed by atoms with Crippen molar-refractivity contribution >= 4 is 76.1 Å². The maximum Gasteiger partial charge on any atom is 0.0625 e. The predicted molar refractivity (Wildman–Crippen MR) is 184 cm³/mol. The Labute approximate surface area is 253 Å². The summed E-state index contributed by atoms with van der Waals surface area (Å²) in [5.41, 5.74) is 5.84. The first-order valence-electron chi connectivity index (χ1n) is 14.2. The normalized spacial score (nSPS) is 11.5. The zero-order valence-electron chi connectivity index (χ0n) is 22.8. The van der Waals surface area contributed by atoms with Crippen LogP contribution in [0.1, 0.15) is 0 Å². The highest BCUT2D eigenvalue weighted by Gasteiger charge is 2.23. The molecule has 0 saturated heterocycles. The van der Waals surface area contributed by atoms with Crippen molar-refractivity contribution in [2.24, 2.45) is 0 Å². The van der Waals surface area contributed by atoms with Gasteiger partial charge in [0.1, 0.15) is 0 Å². The molecule has 0 N–H and O–H groups in total. The molecule has 0 aromatic heterocycles. The van der Waals surface area contributed by atoms with Crippen LogP contribution in [0.4, 0.5) is 17.1 Å². The molecule has 0 fully saturated rings. The lowest BCUT2D eigenvalue weighted by atomic mass is 9.92. The van der Waals surface area contributed by atoms with E-state index in [0.717, 1.165) is 15.8 Å². The first-order chi connectivity index (χ1) is 20.8. The molecule has 0 heterocycles. The monoisotopic (exact) mass is 599 g/mol. The lowest BCUT2D eigenvalue weighted by Crippen LogP contribution is -2.11. The zero-order chi connectivity index (χ0) is 28.0. The highest BCUT2D eigenvalue weighted by Crippen LogP contribution is 2.50. The first kappa shape index (κ1) is 24.8. The minimum Gasteiger partial charge on any atom is -0.309 e. The van der Waals surface area contributed by atoms with E-state index in [1.807, 2.05) is 0 Å². The number of para-hydroxylation sites is 1. The van der Waals surface area contributed by atoms with Gasteiger partial charge < -0.3 is 4.90 Å². The Morgan fingerprint density at radius 3 is 1.52 bits per heavy atom. The van der Waals surface area contributed by atoms with E-state index in [1.54, 1.807) is 0 Å². The largest absolute Gasteiger partial charge is 0.309 e. The Bertz CT molecular complexity index is 2240. The molecule has 0 spiro atoms. The molecule has 0 amide bonds. The summed E-state index contributed by atoms with van der Waals surface area (Å²) < 4.78 is 1.13. The summed E-state index contributed by atoms with van der Waals surface area (Å²) >= 11 is 4.10. The second kappa shape index (κ2) is 10.2. The van der Waals surface area contributed by atoms with Crippen LogP contribution in [0, 0.1) is 0 Å². The van der Waals surface area contributed by atoms with Gasteiger partial charge in [-0.1, -0.05) is 133 Å². The number of nitrogens with zero attached hydrogens (tertiary/aromatic N) is 1. The summed E-state index contributed by atoms with van der Waals surface area (Å²) in [6, 6.07) is 56.8. The lowest BCUT2D eigenvalue weighted by Gasteiger charge is -2.30. The Hall–Kier alpha value is -4.92. The van der Waals surface area contributed by atoms with Gasteiger partial charge in [0, 0.05) is 32.0 Å². The van der Waals surface area contributed by atoms with Gasteiger partial charge in [-0.2, -0.15) is 0 Å². The highest BCUT2D eigenvalue weighted by molar-refractivity contribution is 9.10. The van der Waals surface area contributed by atoms with Gasteiger partial charge in [-0.05, 0) is 78.3 Å². The SMILES string of the molecule is Brc1c2ccc3ccccc3c2c(N(c2ccccc2)c2ccc(-c3ccccc3)cc2)c2ccc3ccccc3c12. The van der Waals surface area contributed by atoms with Crippen LogP contribution in [0.15, 0.2) is 162 Å². The fourth-order valence-corrected chi connectivity index (χ4v) is 7.09. The minimum atomic E-state index is 1.12. The summed E-state index contributed by atoms with van der Waals surface area (Å²) in [6.07, 6.45) is 0. The van der Waals surface area contributed by atoms with Crippen molar-refractivity contribution in [3.8, 4) is 11.1 Å². The molecule has 8 aromatic rings. The van der Waals surface area contributed by atoms with E-state index >= 15 is 0 Å². The quantitative estimate of drug-likeness (QED) is 0.143. The van der Waals surface area contributed by atoms with Crippen LogP contribution >= 0.6 is 15.9 Å². The van der Waals surface area contributed by atoms with E-state index < -0.39 is 0 Å². The van der Waals surface area contributed by atoms with Crippen molar-refractivity contribution in [3.05, 3.63) is 162 Å². The molecule has 0 aliphatic carbocycles. The molecule has 2 heteroatoms. The Kier molecular flexibility index (Phi) is 6.01. The fourth-order valence-electron chi connectivity index (χ4n) is 6.33. The molecule has 8 rings (SSSR count). The van der Waals surface area contributed by atoms with Gasteiger partial charge in [-0.3, -0.25) is 0 Å². The van der Waals surface area contributed by atoms with E-state index in [1.165, 1.54) is 59.9 Å². The molecular weight excluding hydrogens is 574 g/mol. The lowest BCUT2D eigenvalue weighted by molar-refractivity contribution is 1.31. The summed E-state index contributed by atoms with van der Waals surface area (Å²) in [6.45, 7) is 0. The van der Waals surface area contributed by atoms with Crippen LogP contribution in [0.2, 0.25) is 0 Å². The zero-order valence-corrected chi connectivity index (χ0v) is 24.4. The molecule has 0 bridgehead atoms. The smallest absolute Gasteiger partial charge is 0.0625 e. The molecule has 0 radical (unpaired) electrons. The van der Waals surface area contributed by atoms with Crippen molar-refractivity contribution in [2.75, 3.05) is 4.90 Å². The highest BCUT2D eigenvalue weighted by atomic mass is 79.9. The molecule has 0 saturated carbocycles. The molecule has 0 aliphatic rings. The number of hydrogen-bond acceptors (Lipinski definition) is 1. The van der Waals surface area contributed by atoms with Crippen molar-refractivity contribution in [1.82, 2.24) is 0 Å². The fraction of sp³-hybridized carbons (Fsp3) is 0. The number of benzene rings is 8. The van der Waals surface area contributed by atoms with Crippen molar-refractivity contribution in [3.63, 3.8) is 0 Å². The Morgan fingerprint density at radius 1 is 0.357 bits per heavy atom. The topological polar surface area (TPSA) is 3.24 Å². The Morgan fingerprint density at radius 2 is 0.857 bits per heavy atom. The van der Waals surface area contributed by atoms with E-state index in [2.05, 4.69) is 179 Å². The molecule has 198 valence electrons. The second-order valence-corrected chi connectivity index (χ2v) is 11.5. The van der Waals surface area contributed by atoms with Crippen molar-refractivity contribution in [2.45, 2.75) is 0 Å². The van der Waals surface area contributed by atoms with E-state index in [0.29, 0.717) is 0 Å². The minimum absolute atomic E-state index is 1.12. The van der Waals surface area contributed by atoms with Gasteiger partial charge in [0.15, 0.2) is 0 Å². The maximum absolute atomic E-state index is 4.10. The standard InChI is InChI=1S/C40H26BrN/c41-39-35-25-21-30-14-8-10-18-34(30)38(35)40(36-26-22-29-13-7-9-17-33(29)37(36)39)42(31-15-5-2-6-16-31)32-23-19-28(20-24-32)27-11-3-1-4-12-27/h1-26H. The Balaban J connectivity index is 1.52. The second-order valence-electron chi connectivity index (χ2n) is 10.7. The van der Waals surface area contributed by atoms with E-state index in [4.69, 9.17) is 0 Å². The summed E-state index contributed by atoms with van der Waals surface area (Å²) in [5.74, 6) is 0. The summed E-state index contributed by atoms with van der Waals surface area (Å²) in [7, 11) is 0. The van der Waals surface area contributed by atoms with Crippen molar-refractivity contribution < 1.29 is 0 Å². The van der Waals surface area contributed by atoms with Gasteiger partial charge in [-0.25, -0.2) is 0 Å². The van der Waals surface area contributed by atoms with Gasteiger partial charge in [0.25, 0.3) is 0 Å². The van der Waals surface area contributed by atoms with Crippen LogP contribution < -0.4 is 4.90 Å². The van der Waals surface area contributed by atoms with Gasteiger partial charge >= 0.3 is 0 Å². The van der Waals surface area contributed by atoms with Crippen molar-refractivity contribution in [1.29, 1.82) is 0 Å². The average Bonchev–Trinajstić information content (AvgIpc) is 3.07. The third-order valence-electron chi connectivity index (χ3n) is 8.28. The van der Waals surface area contributed by atoms with Crippen LogP contribution in [0.25, 0.3) is 54.2 Å². The molecule has 0 atom stereocenters. The number of fused-ring (bicyclic) bond motifs is 6. The number of halogens is 1. The molecule has 0 unspecified atom stereocenters. The third kappa shape index (κ3) is 3.99. The average molecular weight is 601 g/mol. The van der Waals surface area contributed by atoms with Crippen LogP contribution in [0.5, 0.6) is 0 Å². The third-order valence-corrected chi connectivity index (χ3v) is 9.10. The molecule has 1 nitrogen and oxygen atoms in total. The molecule has 0 aliphatic heterocycles. The number of anilines is 3. The van der Waals surface area contributed by atoms with Gasteiger partial charge in [-0.15, -0.1) is 0 Å². The van der Waals surface area contributed by atoms with Crippen LogP contribution in [-0.2, 0) is 0 Å². The van der Waals surface area contributed by atoms with E-state index in [-0.39, 0.29) is 0 Å². The van der Waals surface area contributed by atoms with Gasteiger partial charge in [0.2, 0.25) is 0 Å². The maximum atomic E-state index is 4.10. The van der Waals surface area contributed by atoms with Crippen LogP contribution in [0.3, 0.4) is 0 Å². The van der Waals surface area contributed by atoms with Gasteiger partial charge in [0.05, 0.1) is 5.69 Å². The van der Waals surface area contributed by atoms with Crippen LogP contribution in [-0.4, -0.2) is 0 Å². The predicted octanol–water partition coefficient (Wildman–Crippen LogP) is 12.2. The number of hydrogen-bond donors (Lipinski definition) is 0.